The molecule has 0 saturated heterocycles. The second-order valence-electron chi connectivity index (χ2n) is 6.31. The van der Waals surface area contributed by atoms with E-state index in [1.807, 2.05) is 6.07 Å². The van der Waals surface area contributed by atoms with Crippen LogP contribution in [0.15, 0.2) is 76.0 Å². The number of rotatable bonds is 4. The van der Waals surface area contributed by atoms with E-state index in [0.29, 0.717) is 28.6 Å². The Morgan fingerprint density at radius 3 is 2.30 bits per heavy atom. The number of halogens is 4. The minimum atomic E-state index is -5.02. The van der Waals surface area contributed by atoms with Gasteiger partial charge in [0.25, 0.3) is 10.0 Å². The lowest BCUT2D eigenvalue weighted by atomic mass is 10.2. The van der Waals surface area contributed by atoms with Gasteiger partial charge in [0, 0.05) is 11.3 Å². The lowest BCUT2D eigenvalue weighted by molar-refractivity contribution is -0.140. The molecule has 0 saturated carbocycles. The van der Waals surface area contributed by atoms with E-state index in [9.17, 15) is 26.0 Å². The molecule has 4 aromatic rings. The second kappa shape index (κ2) is 7.13. The summed E-state index contributed by atoms with van der Waals surface area (Å²) in [6.07, 6.45) is -5.02. The standard InChI is InChI=1S/C20H12F4N2O3S/c21-16-10-9-14(11-15(16)20(22,23)24)30(27,28)26-13-7-5-12(6-8-13)19-25-17-3-1-2-4-18(17)29-19/h1-11,26H. The van der Waals surface area contributed by atoms with Crippen LogP contribution in [0.1, 0.15) is 5.56 Å². The highest BCUT2D eigenvalue weighted by atomic mass is 32.2. The van der Waals surface area contributed by atoms with Crippen molar-refractivity contribution in [1.82, 2.24) is 4.98 Å². The zero-order valence-corrected chi connectivity index (χ0v) is 15.8. The number of anilines is 1. The van der Waals surface area contributed by atoms with Crippen molar-refractivity contribution in [3.8, 4) is 11.5 Å². The minimum absolute atomic E-state index is 0.104. The first kappa shape index (κ1) is 19.9. The van der Waals surface area contributed by atoms with Crippen LogP contribution in [0.4, 0.5) is 23.2 Å². The number of sulfonamides is 1. The fraction of sp³-hybridized carbons (Fsp3) is 0.0500. The van der Waals surface area contributed by atoms with Gasteiger partial charge in [-0.1, -0.05) is 12.1 Å². The summed E-state index contributed by atoms with van der Waals surface area (Å²) in [5.41, 5.74) is 0.280. The predicted octanol–water partition coefficient (Wildman–Crippen LogP) is 5.45. The largest absolute Gasteiger partial charge is 0.436 e. The van der Waals surface area contributed by atoms with Gasteiger partial charge >= 0.3 is 6.18 Å². The van der Waals surface area contributed by atoms with Gasteiger partial charge in [0.2, 0.25) is 5.89 Å². The molecular formula is C20H12F4N2O3S. The molecule has 1 N–H and O–H groups in total. The molecule has 0 unspecified atom stereocenters. The van der Waals surface area contributed by atoms with Gasteiger partial charge in [-0.05, 0) is 54.6 Å². The quantitative estimate of drug-likeness (QED) is 0.432. The predicted molar refractivity (Wildman–Crippen MR) is 102 cm³/mol. The third-order valence-corrected chi connectivity index (χ3v) is 5.61. The zero-order valence-electron chi connectivity index (χ0n) is 14.9. The van der Waals surface area contributed by atoms with Crippen LogP contribution >= 0.6 is 0 Å². The van der Waals surface area contributed by atoms with E-state index in [1.165, 1.54) is 12.1 Å². The van der Waals surface area contributed by atoms with Crippen LogP contribution in [0.3, 0.4) is 0 Å². The highest BCUT2D eigenvalue weighted by Crippen LogP contribution is 2.33. The summed E-state index contributed by atoms with van der Waals surface area (Å²) in [6.45, 7) is 0. The summed E-state index contributed by atoms with van der Waals surface area (Å²) < 4.78 is 84.6. The Morgan fingerprint density at radius 1 is 0.933 bits per heavy atom. The van der Waals surface area contributed by atoms with Crippen molar-refractivity contribution in [2.24, 2.45) is 0 Å². The number of para-hydroxylation sites is 2. The van der Waals surface area contributed by atoms with Gasteiger partial charge in [0.1, 0.15) is 11.3 Å². The molecule has 0 amide bonds. The van der Waals surface area contributed by atoms with Crippen molar-refractivity contribution >= 4 is 26.8 Å². The average Bonchev–Trinajstić information content (AvgIpc) is 3.11. The maximum Gasteiger partial charge on any atom is 0.419 e. The topological polar surface area (TPSA) is 72.2 Å². The molecule has 3 aromatic carbocycles. The summed E-state index contributed by atoms with van der Waals surface area (Å²) >= 11 is 0. The van der Waals surface area contributed by atoms with Gasteiger partial charge in [-0.2, -0.15) is 13.2 Å². The molecule has 0 aliphatic rings. The Hall–Kier alpha value is -3.40. The molecule has 0 aliphatic heterocycles. The Morgan fingerprint density at radius 2 is 1.63 bits per heavy atom. The highest BCUT2D eigenvalue weighted by molar-refractivity contribution is 7.92. The fourth-order valence-corrected chi connectivity index (χ4v) is 3.86. The molecule has 0 bridgehead atoms. The first-order valence-electron chi connectivity index (χ1n) is 8.49. The zero-order chi connectivity index (χ0) is 21.5. The summed E-state index contributed by atoms with van der Waals surface area (Å²) in [5, 5.41) is 0. The minimum Gasteiger partial charge on any atom is -0.436 e. The molecular weight excluding hydrogens is 424 g/mol. The molecule has 5 nitrogen and oxygen atoms in total. The molecule has 30 heavy (non-hydrogen) atoms. The summed E-state index contributed by atoms with van der Waals surface area (Å²) in [6, 6.07) is 14.6. The summed E-state index contributed by atoms with van der Waals surface area (Å²) in [5.74, 6) is -1.22. The van der Waals surface area contributed by atoms with Crippen LogP contribution in [0, 0.1) is 5.82 Å². The second-order valence-corrected chi connectivity index (χ2v) is 7.99. The maximum absolute atomic E-state index is 13.4. The Balaban J connectivity index is 1.60. The van der Waals surface area contributed by atoms with Gasteiger partial charge in [0.15, 0.2) is 5.58 Å². The van der Waals surface area contributed by atoms with E-state index in [2.05, 4.69) is 9.71 Å². The maximum atomic E-state index is 13.4. The van der Waals surface area contributed by atoms with Gasteiger partial charge in [-0.15, -0.1) is 0 Å². The van der Waals surface area contributed by atoms with E-state index in [0.717, 1.165) is 6.07 Å². The molecule has 154 valence electrons. The molecule has 10 heteroatoms. The van der Waals surface area contributed by atoms with Crippen LogP contribution in [0.5, 0.6) is 0 Å². The molecule has 0 radical (unpaired) electrons. The van der Waals surface area contributed by atoms with E-state index in [1.54, 1.807) is 30.3 Å². The number of fused-ring (bicyclic) bond motifs is 1. The SMILES string of the molecule is O=S(=O)(Nc1ccc(-c2nc3ccccc3o2)cc1)c1ccc(F)c(C(F)(F)F)c1. The summed E-state index contributed by atoms with van der Waals surface area (Å²) in [4.78, 5) is 3.62. The molecule has 0 spiro atoms. The molecule has 0 fully saturated rings. The van der Waals surface area contributed by atoms with Crippen molar-refractivity contribution in [2.75, 3.05) is 4.72 Å². The molecule has 0 atom stereocenters. The number of oxazole rings is 1. The normalized spacial score (nSPS) is 12.3. The van der Waals surface area contributed by atoms with Gasteiger partial charge in [-0.3, -0.25) is 4.72 Å². The third-order valence-electron chi connectivity index (χ3n) is 4.23. The van der Waals surface area contributed by atoms with Crippen LogP contribution in [0.25, 0.3) is 22.6 Å². The van der Waals surface area contributed by atoms with Gasteiger partial charge in [-0.25, -0.2) is 17.8 Å². The van der Waals surface area contributed by atoms with E-state index < -0.39 is 32.5 Å². The van der Waals surface area contributed by atoms with Gasteiger partial charge < -0.3 is 4.42 Å². The number of hydrogen-bond acceptors (Lipinski definition) is 4. The van der Waals surface area contributed by atoms with Crippen molar-refractivity contribution in [3.63, 3.8) is 0 Å². The van der Waals surface area contributed by atoms with Crippen LogP contribution in [-0.4, -0.2) is 13.4 Å². The van der Waals surface area contributed by atoms with E-state index in [4.69, 9.17) is 4.42 Å². The monoisotopic (exact) mass is 436 g/mol. The number of nitrogens with one attached hydrogen (secondary N) is 1. The first-order chi connectivity index (χ1) is 14.1. The Labute approximate surface area is 168 Å². The third kappa shape index (κ3) is 3.86. The Kier molecular flexibility index (Phi) is 4.73. The Bertz CT molecular complexity index is 1300. The van der Waals surface area contributed by atoms with E-state index in [-0.39, 0.29) is 11.8 Å². The van der Waals surface area contributed by atoms with Crippen LogP contribution in [-0.2, 0) is 16.2 Å². The van der Waals surface area contributed by atoms with Crippen molar-refractivity contribution in [1.29, 1.82) is 0 Å². The fourth-order valence-electron chi connectivity index (χ4n) is 2.78. The van der Waals surface area contributed by atoms with E-state index >= 15 is 0 Å². The number of benzene rings is 3. The van der Waals surface area contributed by atoms with Crippen molar-refractivity contribution in [3.05, 3.63) is 78.1 Å². The van der Waals surface area contributed by atoms with Crippen LogP contribution < -0.4 is 4.72 Å². The lowest BCUT2D eigenvalue weighted by Gasteiger charge is -2.12. The highest BCUT2D eigenvalue weighted by Gasteiger charge is 2.35. The van der Waals surface area contributed by atoms with Crippen molar-refractivity contribution in [2.45, 2.75) is 11.1 Å². The average molecular weight is 436 g/mol. The summed E-state index contributed by atoms with van der Waals surface area (Å²) in [7, 11) is -4.37. The molecule has 1 heterocycles. The molecule has 4 rings (SSSR count). The number of alkyl halides is 3. The van der Waals surface area contributed by atoms with Crippen molar-refractivity contribution < 1.29 is 30.4 Å². The number of hydrogen-bond donors (Lipinski definition) is 1. The van der Waals surface area contributed by atoms with Gasteiger partial charge in [0.05, 0.1) is 10.5 Å². The van der Waals surface area contributed by atoms with Crippen LogP contribution in [0.2, 0.25) is 0 Å². The lowest BCUT2D eigenvalue weighted by Crippen LogP contribution is -2.15. The number of aromatic nitrogens is 1. The first-order valence-corrected chi connectivity index (χ1v) is 9.97. The molecule has 0 aliphatic carbocycles. The smallest absolute Gasteiger partial charge is 0.419 e. The molecule has 1 aromatic heterocycles. The number of nitrogens with zero attached hydrogens (tertiary/aromatic N) is 1.